The minimum Gasteiger partial charge on any atom is -0.332 e. The van der Waals surface area contributed by atoms with E-state index in [9.17, 15) is 4.79 Å². The van der Waals surface area contributed by atoms with Crippen LogP contribution in [0.25, 0.3) is 0 Å². The van der Waals surface area contributed by atoms with E-state index >= 15 is 0 Å². The van der Waals surface area contributed by atoms with Crippen LogP contribution in [0.15, 0.2) is 24.3 Å². The highest BCUT2D eigenvalue weighted by Gasteiger charge is 2.25. The summed E-state index contributed by atoms with van der Waals surface area (Å²) in [6, 6.07) is 8.68. The molecule has 0 fully saturated rings. The highest BCUT2D eigenvalue weighted by molar-refractivity contribution is 7.56. The van der Waals surface area contributed by atoms with E-state index in [4.69, 9.17) is 0 Å². The van der Waals surface area contributed by atoms with Crippen molar-refractivity contribution in [2.75, 3.05) is 33.3 Å². The summed E-state index contributed by atoms with van der Waals surface area (Å²) in [7, 11) is 2.57. The number of fused-ring (bicyclic) bond motifs is 1. The maximum Gasteiger partial charge on any atom is 0.240 e. The fourth-order valence-electron chi connectivity index (χ4n) is 3.11. The molecule has 3 nitrogen and oxygen atoms in total. The molecule has 0 saturated carbocycles. The Morgan fingerprint density at radius 3 is 2.58 bits per heavy atom. The SMILES string of the molecule is CCCCN(C)CCC.CPC(=O)N1CCc2ccccc2C1C. The highest BCUT2D eigenvalue weighted by atomic mass is 31.1. The molecule has 136 valence electrons. The molecule has 0 radical (unpaired) electrons. The predicted octanol–water partition coefficient (Wildman–Crippen LogP) is 5.16. The summed E-state index contributed by atoms with van der Waals surface area (Å²) in [5.74, 6) is 0. The zero-order valence-corrected chi connectivity index (χ0v) is 17.1. The fraction of sp³-hybridized carbons (Fsp3) is 0.650. The number of unbranched alkanes of at least 4 members (excludes halogenated alkanes) is 1. The quantitative estimate of drug-likeness (QED) is 0.661. The van der Waals surface area contributed by atoms with Crippen LogP contribution in [0.3, 0.4) is 0 Å². The number of benzene rings is 1. The molecule has 0 N–H and O–H groups in total. The molecule has 1 aliphatic rings. The van der Waals surface area contributed by atoms with Crippen LogP contribution in [0.4, 0.5) is 4.79 Å². The Hall–Kier alpha value is -0.920. The minimum atomic E-state index is 0.245. The molecule has 2 atom stereocenters. The van der Waals surface area contributed by atoms with Crippen molar-refractivity contribution < 1.29 is 4.79 Å². The molecule has 2 unspecified atom stereocenters. The molecule has 0 bridgehead atoms. The van der Waals surface area contributed by atoms with Crippen molar-refractivity contribution in [1.82, 2.24) is 9.80 Å². The van der Waals surface area contributed by atoms with Gasteiger partial charge in [-0.15, -0.1) is 0 Å². The summed E-state index contributed by atoms with van der Waals surface area (Å²) >= 11 is 0. The van der Waals surface area contributed by atoms with E-state index in [1.807, 2.05) is 11.6 Å². The fourth-order valence-corrected chi connectivity index (χ4v) is 3.71. The van der Waals surface area contributed by atoms with Crippen LogP contribution in [-0.4, -0.2) is 48.8 Å². The number of nitrogens with zero attached hydrogens (tertiary/aromatic N) is 2. The minimum absolute atomic E-state index is 0.245. The third-order valence-electron chi connectivity index (χ3n) is 4.57. The Morgan fingerprint density at radius 1 is 1.25 bits per heavy atom. The number of hydrogen-bond donors (Lipinski definition) is 0. The monoisotopic (exact) mass is 350 g/mol. The van der Waals surface area contributed by atoms with Gasteiger partial charge >= 0.3 is 0 Å². The van der Waals surface area contributed by atoms with E-state index in [1.165, 1.54) is 43.5 Å². The first-order valence-electron chi connectivity index (χ1n) is 9.29. The van der Waals surface area contributed by atoms with Crippen LogP contribution in [-0.2, 0) is 6.42 Å². The molecular formula is C20H35N2OP. The van der Waals surface area contributed by atoms with Crippen LogP contribution < -0.4 is 0 Å². The van der Waals surface area contributed by atoms with Crippen molar-refractivity contribution in [3.63, 3.8) is 0 Å². The van der Waals surface area contributed by atoms with Crippen LogP contribution in [0.1, 0.15) is 57.2 Å². The Kier molecular flexibility index (Phi) is 10.2. The normalized spacial score (nSPS) is 16.9. The van der Waals surface area contributed by atoms with Gasteiger partial charge in [0, 0.05) is 6.54 Å². The molecule has 1 amide bonds. The van der Waals surface area contributed by atoms with Crippen molar-refractivity contribution in [1.29, 1.82) is 0 Å². The van der Waals surface area contributed by atoms with Crippen LogP contribution in [0.2, 0.25) is 0 Å². The average molecular weight is 350 g/mol. The van der Waals surface area contributed by atoms with Crippen LogP contribution >= 0.6 is 8.58 Å². The van der Waals surface area contributed by atoms with E-state index in [-0.39, 0.29) is 11.7 Å². The second-order valence-corrected chi connectivity index (χ2v) is 7.46. The summed E-state index contributed by atoms with van der Waals surface area (Å²) < 4.78 is 0. The van der Waals surface area contributed by atoms with Gasteiger partial charge in [0.15, 0.2) is 0 Å². The molecule has 2 rings (SSSR count). The Morgan fingerprint density at radius 2 is 1.96 bits per heavy atom. The summed E-state index contributed by atoms with van der Waals surface area (Å²) in [6.07, 6.45) is 4.93. The van der Waals surface area contributed by atoms with E-state index in [0.29, 0.717) is 8.58 Å². The Balaban J connectivity index is 0.000000277. The van der Waals surface area contributed by atoms with Gasteiger partial charge in [-0.1, -0.05) is 44.5 Å². The summed E-state index contributed by atoms with van der Waals surface area (Å²) in [4.78, 5) is 16.1. The lowest BCUT2D eigenvalue weighted by molar-refractivity contribution is 0.199. The van der Waals surface area contributed by atoms with Crippen LogP contribution in [0, 0.1) is 0 Å². The van der Waals surface area contributed by atoms with Crippen molar-refractivity contribution in [2.24, 2.45) is 0 Å². The van der Waals surface area contributed by atoms with Crippen molar-refractivity contribution in [3.05, 3.63) is 35.4 Å². The zero-order chi connectivity index (χ0) is 17.9. The van der Waals surface area contributed by atoms with Crippen molar-refractivity contribution >= 4 is 14.2 Å². The number of carbonyl (C=O) groups is 1. The van der Waals surface area contributed by atoms with Gasteiger partial charge in [-0.05, 0) is 72.7 Å². The predicted molar refractivity (Wildman–Crippen MR) is 108 cm³/mol. The lowest BCUT2D eigenvalue weighted by Crippen LogP contribution is -2.36. The first kappa shape index (κ1) is 21.1. The highest BCUT2D eigenvalue weighted by Crippen LogP contribution is 2.31. The van der Waals surface area contributed by atoms with Gasteiger partial charge < -0.3 is 9.80 Å². The van der Waals surface area contributed by atoms with Gasteiger partial charge in [0.1, 0.15) is 0 Å². The number of rotatable bonds is 6. The molecule has 1 heterocycles. The lowest BCUT2D eigenvalue weighted by Gasteiger charge is -2.35. The molecular weight excluding hydrogens is 315 g/mol. The Labute approximate surface area is 150 Å². The van der Waals surface area contributed by atoms with Crippen molar-refractivity contribution in [3.8, 4) is 0 Å². The lowest BCUT2D eigenvalue weighted by atomic mass is 9.94. The van der Waals surface area contributed by atoms with E-state index in [0.717, 1.165) is 13.0 Å². The molecule has 1 aliphatic heterocycles. The summed E-state index contributed by atoms with van der Waals surface area (Å²) in [6.45, 7) is 11.9. The second-order valence-electron chi connectivity index (χ2n) is 6.53. The molecule has 0 spiro atoms. The third-order valence-corrected chi connectivity index (χ3v) is 5.28. The smallest absolute Gasteiger partial charge is 0.240 e. The largest absolute Gasteiger partial charge is 0.332 e. The number of carbonyl (C=O) groups excluding carboxylic acids is 1. The van der Waals surface area contributed by atoms with Gasteiger partial charge in [0.2, 0.25) is 5.65 Å². The Bertz CT molecular complexity index is 492. The first-order valence-corrected chi connectivity index (χ1v) is 10.8. The second kappa shape index (κ2) is 11.6. The van der Waals surface area contributed by atoms with Gasteiger partial charge in [-0.25, -0.2) is 0 Å². The molecule has 24 heavy (non-hydrogen) atoms. The maximum absolute atomic E-state index is 11.7. The van der Waals surface area contributed by atoms with E-state index in [2.05, 4.69) is 57.0 Å². The first-order chi connectivity index (χ1) is 11.5. The van der Waals surface area contributed by atoms with Crippen molar-refractivity contribution in [2.45, 2.75) is 52.5 Å². The standard InChI is InChI=1S/C12H16NOP.C8H19N/c1-9-11-6-4-3-5-10(11)7-8-13(9)12(14)15-2;1-4-6-8-9(3)7-5-2/h3-6,9,15H,7-8H2,1-2H3;4-8H2,1-3H3. The van der Waals surface area contributed by atoms with E-state index < -0.39 is 0 Å². The third kappa shape index (κ3) is 6.53. The molecule has 0 saturated heterocycles. The average Bonchev–Trinajstić information content (AvgIpc) is 2.61. The summed E-state index contributed by atoms with van der Waals surface area (Å²) in [5.41, 5.74) is 3.00. The molecule has 4 heteroatoms. The molecule has 0 aliphatic carbocycles. The topological polar surface area (TPSA) is 23.6 Å². The van der Waals surface area contributed by atoms with Gasteiger partial charge in [-0.3, -0.25) is 4.79 Å². The number of amides is 1. The van der Waals surface area contributed by atoms with E-state index in [1.54, 1.807) is 0 Å². The molecule has 0 aromatic heterocycles. The van der Waals surface area contributed by atoms with Gasteiger partial charge in [0.25, 0.3) is 0 Å². The van der Waals surface area contributed by atoms with Gasteiger partial charge in [0.05, 0.1) is 6.04 Å². The number of hydrogen-bond acceptors (Lipinski definition) is 2. The molecule has 1 aromatic carbocycles. The molecule has 1 aromatic rings. The zero-order valence-electron chi connectivity index (χ0n) is 16.1. The van der Waals surface area contributed by atoms with Gasteiger partial charge in [-0.2, -0.15) is 0 Å². The van der Waals surface area contributed by atoms with Crippen LogP contribution in [0.5, 0.6) is 0 Å². The maximum atomic E-state index is 11.7. The summed E-state index contributed by atoms with van der Waals surface area (Å²) in [5, 5.41) is 0.